The van der Waals surface area contributed by atoms with Crippen molar-refractivity contribution < 1.29 is 14.1 Å². The second kappa shape index (κ2) is 7.92. The first-order chi connectivity index (χ1) is 13.2. The molecule has 6 nitrogen and oxygen atoms in total. The molecule has 0 aliphatic carbocycles. The van der Waals surface area contributed by atoms with E-state index in [0.717, 1.165) is 30.0 Å². The molecule has 1 aromatic carbocycles. The molecule has 3 heterocycles. The van der Waals surface area contributed by atoms with Gasteiger partial charge in [-0.15, -0.1) is 11.3 Å². The van der Waals surface area contributed by atoms with Gasteiger partial charge in [-0.25, -0.2) is 0 Å². The Morgan fingerprint density at radius 3 is 2.93 bits per heavy atom. The number of nitrogens with zero attached hydrogens (tertiary/aromatic N) is 3. The molecule has 1 saturated heterocycles. The minimum Gasteiger partial charge on any atom is -0.494 e. The third kappa shape index (κ3) is 3.88. The first kappa shape index (κ1) is 17.7. The van der Waals surface area contributed by atoms with Crippen LogP contribution in [0.1, 0.15) is 41.9 Å². The van der Waals surface area contributed by atoms with Gasteiger partial charge in [0.15, 0.2) is 0 Å². The first-order valence-corrected chi connectivity index (χ1v) is 10.0. The molecule has 0 bridgehead atoms. The highest BCUT2D eigenvalue weighted by Gasteiger charge is 2.29. The van der Waals surface area contributed by atoms with Crippen molar-refractivity contribution in [2.24, 2.45) is 0 Å². The largest absolute Gasteiger partial charge is 0.494 e. The van der Waals surface area contributed by atoms with Crippen molar-refractivity contribution in [3.8, 4) is 16.5 Å². The van der Waals surface area contributed by atoms with Gasteiger partial charge in [-0.3, -0.25) is 4.79 Å². The Labute approximate surface area is 161 Å². The highest BCUT2D eigenvalue weighted by Crippen LogP contribution is 2.29. The molecule has 1 fully saturated rings. The number of piperidine rings is 1. The molecular formula is C20H21N3O3S. The average Bonchev–Trinajstić information content (AvgIpc) is 3.40. The van der Waals surface area contributed by atoms with E-state index in [9.17, 15) is 4.79 Å². The molecule has 0 unspecified atom stereocenters. The number of carbonyl (C=O) groups excluding carboxylic acids is 1. The second-order valence-corrected chi connectivity index (χ2v) is 7.43. The van der Waals surface area contributed by atoms with Crippen LogP contribution in [-0.2, 0) is 0 Å². The van der Waals surface area contributed by atoms with Crippen LogP contribution in [0.2, 0.25) is 0 Å². The molecule has 7 heteroatoms. The Balaban J connectivity index is 1.45. The van der Waals surface area contributed by atoms with E-state index in [1.165, 1.54) is 0 Å². The maximum Gasteiger partial charge on any atom is 0.253 e. The quantitative estimate of drug-likeness (QED) is 0.660. The normalized spacial score (nSPS) is 17.1. The van der Waals surface area contributed by atoms with Crippen molar-refractivity contribution in [3.63, 3.8) is 0 Å². The number of hydrogen-bond donors (Lipinski definition) is 0. The fourth-order valence-corrected chi connectivity index (χ4v) is 3.96. The molecule has 0 spiro atoms. The predicted octanol–water partition coefficient (Wildman–Crippen LogP) is 4.22. The van der Waals surface area contributed by atoms with Crippen molar-refractivity contribution in [2.45, 2.75) is 25.7 Å². The lowest BCUT2D eigenvalue weighted by Gasteiger charge is -2.31. The first-order valence-electron chi connectivity index (χ1n) is 9.14. The lowest BCUT2D eigenvalue weighted by atomic mass is 9.97. The van der Waals surface area contributed by atoms with E-state index < -0.39 is 0 Å². The Morgan fingerprint density at radius 2 is 2.19 bits per heavy atom. The molecule has 1 aliphatic rings. The summed E-state index contributed by atoms with van der Waals surface area (Å²) < 4.78 is 10.9. The number of thiophene rings is 1. The maximum atomic E-state index is 12.9. The monoisotopic (exact) mass is 383 g/mol. The van der Waals surface area contributed by atoms with Crippen molar-refractivity contribution in [1.29, 1.82) is 0 Å². The molecule has 0 radical (unpaired) electrons. The minimum absolute atomic E-state index is 0.0285. The lowest BCUT2D eigenvalue weighted by Crippen LogP contribution is -2.39. The van der Waals surface area contributed by atoms with Crippen LogP contribution in [0.15, 0.2) is 46.3 Å². The molecule has 3 aromatic rings. The van der Waals surface area contributed by atoms with E-state index in [2.05, 4.69) is 10.1 Å². The molecule has 2 aromatic heterocycles. The molecule has 0 N–H and O–H groups in total. The van der Waals surface area contributed by atoms with E-state index in [0.29, 0.717) is 30.4 Å². The Hall–Kier alpha value is -2.67. The second-order valence-electron chi connectivity index (χ2n) is 6.48. The number of aromatic nitrogens is 2. The van der Waals surface area contributed by atoms with Gasteiger partial charge in [0.1, 0.15) is 5.75 Å². The fraction of sp³-hybridized carbons (Fsp3) is 0.350. The Bertz CT molecular complexity index is 890. The van der Waals surface area contributed by atoms with Gasteiger partial charge in [0.05, 0.1) is 17.4 Å². The van der Waals surface area contributed by atoms with Crippen molar-refractivity contribution in [2.75, 3.05) is 19.7 Å². The zero-order chi connectivity index (χ0) is 18.6. The summed E-state index contributed by atoms with van der Waals surface area (Å²) in [5.74, 6) is 2.11. The van der Waals surface area contributed by atoms with Crippen molar-refractivity contribution >= 4 is 17.2 Å². The van der Waals surface area contributed by atoms with Gasteiger partial charge in [-0.1, -0.05) is 11.2 Å². The zero-order valence-electron chi connectivity index (χ0n) is 15.1. The summed E-state index contributed by atoms with van der Waals surface area (Å²) in [5.41, 5.74) is 0.670. The van der Waals surface area contributed by atoms with Crippen molar-refractivity contribution in [3.05, 3.63) is 53.2 Å². The average molecular weight is 383 g/mol. The molecule has 4 rings (SSSR count). The summed E-state index contributed by atoms with van der Waals surface area (Å²) in [6.07, 6.45) is 1.86. The number of amides is 1. The maximum absolute atomic E-state index is 12.9. The number of likely N-dealkylation sites (tertiary alicyclic amines) is 1. The summed E-state index contributed by atoms with van der Waals surface area (Å²) in [4.78, 5) is 20.3. The van der Waals surface area contributed by atoms with E-state index in [1.54, 1.807) is 11.3 Å². The van der Waals surface area contributed by atoms with E-state index in [-0.39, 0.29) is 11.8 Å². The van der Waals surface area contributed by atoms with E-state index >= 15 is 0 Å². The van der Waals surface area contributed by atoms with Crippen LogP contribution in [0, 0.1) is 0 Å². The third-order valence-electron chi connectivity index (χ3n) is 4.65. The van der Waals surface area contributed by atoms with Crippen molar-refractivity contribution in [1.82, 2.24) is 15.0 Å². The standard InChI is InChI=1S/C20H21N3O3S/c1-2-25-16-9-7-14(8-10-16)20(24)23-11-3-5-15(13-23)19-21-18(22-26-19)17-6-4-12-27-17/h4,6-10,12,15H,2-3,5,11,13H2,1H3/t15-/m1/s1. The molecule has 1 amide bonds. The summed E-state index contributed by atoms with van der Waals surface area (Å²) in [6, 6.07) is 11.2. The number of hydrogen-bond acceptors (Lipinski definition) is 6. The molecule has 1 atom stereocenters. The van der Waals surface area contributed by atoms with Crippen LogP contribution < -0.4 is 4.74 Å². The van der Waals surface area contributed by atoms with Crippen LogP contribution in [0.25, 0.3) is 10.7 Å². The number of benzene rings is 1. The highest BCUT2D eigenvalue weighted by atomic mass is 32.1. The van der Waals surface area contributed by atoms with E-state index in [1.807, 2.05) is 53.6 Å². The Kier molecular flexibility index (Phi) is 5.20. The van der Waals surface area contributed by atoms with Gasteiger partial charge in [-0.2, -0.15) is 4.98 Å². The molecule has 1 aliphatic heterocycles. The number of carbonyl (C=O) groups is 1. The van der Waals surface area contributed by atoms with Gasteiger partial charge in [0, 0.05) is 18.7 Å². The topological polar surface area (TPSA) is 68.5 Å². The summed E-state index contributed by atoms with van der Waals surface area (Å²) in [6.45, 7) is 3.89. The highest BCUT2D eigenvalue weighted by molar-refractivity contribution is 7.13. The van der Waals surface area contributed by atoms with Crippen LogP contribution in [0.4, 0.5) is 0 Å². The smallest absolute Gasteiger partial charge is 0.253 e. The van der Waals surface area contributed by atoms with Gasteiger partial charge in [0.25, 0.3) is 5.91 Å². The molecule has 0 saturated carbocycles. The van der Waals surface area contributed by atoms with Crippen LogP contribution >= 0.6 is 11.3 Å². The van der Waals surface area contributed by atoms with Crippen LogP contribution in [-0.4, -0.2) is 40.6 Å². The summed E-state index contributed by atoms with van der Waals surface area (Å²) in [5, 5.41) is 6.09. The van der Waals surface area contributed by atoms with Gasteiger partial charge in [0.2, 0.25) is 11.7 Å². The van der Waals surface area contributed by atoms with E-state index in [4.69, 9.17) is 9.26 Å². The van der Waals surface area contributed by atoms with Crippen LogP contribution in [0.5, 0.6) is 5.75 Å². The SMILES string of the molecule is CCOc1ccc(C(=O)N2CCC[C@@H](c3nc(-c4cccs4)no3)C2)cc1. The lowest BCUT2D eigenvalue weighted by molar-refractivity contribution is 0.0695. The fourth-order valence-electron chi connectivity index (χ4n) is 3.31. The minimum atomic E-state index is 0.0285. The van der Waals surface area contributed by atoms with Gasteiger partial charge >= 0.3 is 0 Å². The van der Waals surface area contributed by atoms with Crippen LogP contribution in [0.3, 0.4) is 0 Å². The molecular weight excluding hydrogens is 362 g/mol. The number of ether oxygens (including phenoxy) is 1. The summed E-state index contributed by atoms with van der Waals surface area (Å²) in [7, 11) is 0. The molecule has 27 heavy (non-hydrogen) atoms. The predicted molar refractivity (Wildman–Crippen MR) is 103 cm³/mol. The van der Waals surface area contributed by atoms with Gasteiger partial charge in [-0.05, 0) is 55.5 Å². The Morgan fingerprint density at radius 1 is 1.33 bits per heavy atom. The third-order valence-corrected chi connectivity index (χ3v) is 5.52. The van der Waals surface area contributed by atoms with Gasteiger partial charge < -0.3 is 14.2 Å². The zero-order valence-corrected chi connectivity index (χ0v) is 15.9. The number of rotatable bonds is 5. The summed E-state index contributed by atoms with van der Waals surface area (Å²) >= 11 is 1.58. The molecule has 140 valence electrons.